The Hall–Kier alpha value is -0.770. The summed E-state index contributed by atoms with van der Waals surface area (Å²) in [5.41, 5.74) is 0. The van der Waals surface area contributed by atoms with E-state index in [9.17, 15) is 4.79 Å². The Morgan fingerprint density at radius 1 is 0.727 bits per heavy atom. The van der Waals surface area contributed by atoms with E-state index in [2.05, 4.69) is 5.32 Å². The van der Waals surface area contributed by atoms with Crippen LogP contribution in [0.15, 0.2) is 0 Å². The molecule has 132 valence electrons. The summed E-state index contributed by atoms with van der Waals surface area (Å²) < 4.78 is 26.2. The van der Waals surface area contributed by atoms with Crippen molar-refractivity contribution in [3.05, 3.63) is 0 Å². The van der Waals surface area contributed by atoms with Crippen molar-refractivity contribution in [2.24, 2.45) is 0 Å². The molecule has 0 atom stereocenters. The molecule has 0 heterocycles. The smallest absolute Gasteiger partial charge is 0.216 e. The maximum absolute atomic E-state index is 10.6. The molecule has 0 bridgehead atoms. The van der Waals surface area contributed by atoms with Gasteiger partial charge in [0, 0.05) is 13.5 Å². The third-order valence-corrected chi connectivity index (χ3v) is 2.34. The van der Waals surface area contributed by atoms with Crippen molar-refractivity contribution >= 4 is 5.91 Å². The minimum Gasteiger partial charge on any atom is -0.394 e. The number of aliphatic hydroxyl groups excluding tert-OH is 1. The molecule has 0 spiro atoms. The third-order valence-electron chi connectivity index (χ3n) is 2.34. The first-order valence-corrected chi connectivity index (χ1v) is 7.51. The van der Waals surface area contributed by atoms with E-state index in [-0.39, 0.29) is 12.5 Å². The van der Waals surface area contributed by atoms with E-state index in [0.717, 1.165) is 0 Å². The molecule has 8 nitrogen and oxygen atoms in total. The van der Waals surface area contributed by atoms with Gasteiger partial charge in [-0.1, -0.05) is 0 Å². The summed E-state index contributed by atoms with van der Waals surface area (Å²) in [5.74, 6) is -0.0568. The minimum atomic E-state index is -0.0568. The topological polar surface area (TPSA) is 95.5 Å². The summed E-state index contributed by atoms with van der Waals surface area (Å²) in [6.07, 6.45) is 0. The summed E-state index contributed by atoms with van der Waals surface area (Å²) in [6.45, 7) is 6.86. The highest BCUT2D eigenvalue weighted by molar-refractivity contribution is 5.72. The van der Waals surface area contributed by atoms with Crippen LogP contribution in [-0.4, -0.2) is 90.2 Å². The first-order valence-electron chi connectivity index (χ1n) is 7.51. The minimum absolute atomic E-state index is 0.0312. The number of carbonyl (C=O) groups excluding carboxylic acids is 1. The lowest BCUT2D eigenvalue weighted by Crippen LogP contribution is -2.25. The second-order valence-corrected chi connectivity index (χ2v) is 4.27. The van der Waals surface area contributed by atoms with Crippen LogP contribution in [0, 0.1) is 0 Å². The van der Waals surface area contributed by atoms with Gasteiger partial charge in [-0.05, 0) is 0 Å². The highest BCUT2D eigenvalue weighted by atomic mass is 16.6. The summed E-state index contributed by atoms with van der Waals surface area (Å²) in [6, 6.07) is 0. The molecule has 0 aromatic heterocycles. The molecule has 0 rings (SSSR count). The summed E-state index contributed by atoms with van der Waals surface area (Å²) in [7, 11) is 0. The third kappa shape index (κ3) is 19.2. The van der Waals surface area contributed by atoms with Gasteiger partial charge in [0.2, 0.25) is 5.91 Å². The Bertz CT molecular complexity index is 241. The second kappa shape index (κ2) is 18.3. The molecule has 0 aromatic rings. The number of hydrogen-bond donors (Lipinski definition) is 2. The summed E-state index contributed by atoms with van der Waals surface area (Å²) in [4.78, 5) is 10.6. The van der Waals surface area contributed by atoms with Crippen LogP contribution in [0.3, 0.4) is 0 Å². The van der Waals surface area contributed by atoms with Crippen molar-refractivity contribution in [3.63, 3.8) is 0 Å². The van der Waals surface area contributed by atoms with Gasteiger partial charge in [-0.3, -0.25) is 4.79 Å². The molecule has 2 N–H and O–H groups in total. The van der Waals surface area contributed by atoms with Crippen LogP contribution in [-0.2, 0) is 28.5 Å². The standard InChI is InChI=1S/C14H29NO7/c1-14(17)15-2-4-18-6-8-20-10-12-22-13-11-21-9-7-19-5-3-16/h16H,2-13H2,1H3,(H,15,17). The van der Waals surface area contributed by atoms with E-state index in [1.807, 2.05) is 0 Å². The molecule has 8 heteroatoms. The van der Waals surface area contributed by atoms with Crippen molar-refractivity contribution in [2.45, 2.75) is 6.92 Å². The van der Waals surface area contributed by atoms with Gasteiger partial charge >= 0.3 is 0 Å². The van der Waals surface area contributed by atoms with E-state index < -0.39 is 0 Å². The average molecular weight is 323 g/mol. The largest absolute Gasteiger partial charge is 0.394 e. The van der Waals surface area contributed by atoms with Gasteiger partial charge in [0.25, 0.3) is 0 Å². The molecular formula is C14H29NO7. The maximum Gasteiger partial charge on any atom is 0.216 e. The van der Waals surface area contributed by atoms with Crippen molar-refractivity contribution in [2.75, 3.05) is 79.2 Å². The summed E-state index contributed by atoms with van der Waals surface area (Å²) in [5, 5.41) is 11.1. The van der Waals surface area contributed by atoms with Gasteiger partial charge in [0.15, 0.2) is 0 Å². The first-order chi connectivity index (χ1) is 10.8. The van der Waals surface area contributed by atoms with Gasteiger partial charge in [0.05, 0.1) is 72.7 Å². The molecule has 0 unspecified atom stereocenters. The maximum atomic E-state index is 10.6. The molecule has 0 aliphatic heterocycles. The molecule has 0 saturated heterocycles. The predicted octanol–water partition coefficient (Wildman–Crippen LogP) is -0.802. The number of hydrogen-bond acceptors (Lipinski definition) is 7. The predicted molar refractivity (Wildman–Crippen MR) is 79.9 cm³/mol. The molecule has 1 amide bonds. The molecule has 0 radical (unpaired) electrons. The van der Waals surface area contributed by atoms with Gasteiger partial charge in [-0.15, -0.1) is 0 Å². The molecule has 0 saturated carbocycles. The zero-order valence-corrected chi connectivity index (χ0v) is 13.4. The number of rotatable bonds is 17. The lowest BCUT2D eigenvalue weighted by molar-refractivity contribution is -0.119. The Labute approximate surface area is 132 Å². The number of nitrogens with one attached hydrogen (secondary N) is 1. The normalized spacial score (nSPS) is 10.8. The van der Waals surface area contributed by atoms with Gasteiger partial charge in [-0.2, -0.15) is 0 Å². The fraction of sp³-hybridized carbons (Fsp3) is 0.929. The molecule has 0 aromatic carbocycles. The molecule has 0 aliphatic carbocycles. The lowest BCUT2D eigenvalue weighted by atomic mass is 10.6. The molecular weight excluding hydrogens is 294 g/mol. The van der Waals surface area contributed by atoms with E-state index in [1.165, 1.54) is 6.92 Å². The Balaban J connectivity index is 2.95. The Morgan fingerprint density at radius 3 is 1.45 bits per heavy atom. The van der Waals surface area contributed by atoms with Crippen LogP contribution in [0.5, 0.6) is 0 Å². The van der Waals surface area contributed by atoms with Crippen molar-refractivity contribution in [1.82, 2.24) is 5.32 Å². The first kappa shape index (κ1) is 21.2. The molecule has 0 aliphatic rings. The van der Waals surface area contributed by atoms with Gasteiger partial charge < -0.3 is 34.1 Å². The van der Waals surface area contributed by atoms with Crippen LogP contribution >= 0.6 is 0 Å². The highest BCUT2D eigenvalue weighted by Crippen LogP contribution is 1.83. The van der Waals surface area contributed by atoms with Crippen LogP contribution in [0.4, 0.5) is 0 Å². The van der Waals surface area contributed by atoms with Crippen molar-refractivity contribution < 1.29 is 33.6 Å². The number of carbonyl (C=O) groups is 1. The van der Waals surface area contributed by atoms with Crippen molar-refractivity contribution in [3.8, 4) is 0 Å². The average Bonchev–Trinajstić information content (AvgIpc) is 2.50. The lowest BCUT2D eigenvalue weighted by Gasteiger charge is -2.08. The Kier molecular flexibility index (Phi) is 17.6. The van der Waals surface area contributed by atoms with E-state index in [4.69, 9.17) is 28.8 Å². The SMILES string of the molecule is CC(=O)NCCOCCOCCOCCOCCOCCO. The van der Waals surface area contributed by atoms with Crippen LogP contribution < -0.4 is 5.32 Å². The van der Waals surface area contributed by atoms with Crippen LogP contribution in [0.2, 0.25) is 0 Å². The number of aliphatic hydroxyl groups is 1. The van der Waals surface area contributed by atoms with Gasteiger partial charge in [0.1, 0.15) is 0 Å². The fourth-order valence-electron chi connectivity index (χ4n) is 1.35. The van der Waals surface area contributed by atoms with E-state index >= 15 is 0 Å². The fourth-order valence-corrected chi connectivity index (χ4v) is 1.35. The zero-order chi connectivity index (χ0) is 16.3. The zero-order valence-electron chi connectivity index (χ0n) is 13.4. The second-order valence-electron chi connectivity index (χ2n) is 4.27. The highest BCUT2D eigenvalue weighted by Gasteiger charge is 1.94. The summed E-state index contributed by atoms with van der Waals surface area (Å²) >= 11 is 0. The number of amides is 1. The molecule has 0 fully saturated rings. The molecule has 22 heavy (non-hydrogen) atoms. The van der Waals surface area contributed by atoms with Crippen LogP contribution in [0.1, 0.15) is 6.92 Å². The Morgan fingerprint density at radius 2 is 1.09 bits per heavy atom. The van der Waals surface area contributed by atoms with Crippen molar-refractivity contribution in [1.29, 1.82) is 0 Å². The van der Waals surface area contributed by atoms with E-state index in [1.54, 1.807) is 0 Å². The number of ether oxygens (including phenoxy) is 5. The quantitative estimate of drug-likeness (QED) is 0.338. The monoisotopic (exact) mass is 323 g/mol. The van der Waals surface area contributed by atoms with E-state index in [0.29, 0.717) is 72.6 Å². The van der Waals surface area contributed by atoms with Crippen LogP contribution in [0.25, 0.3) is 0 Å². The van der Waals surface area contributed by atoms with Gasteiger partial charge in [-0.25, -0.2) is 0 Å².